The van der Waals surface area contributed by atoms with Crippen molar-refractivity contribution >= 4 is 5.97 Å². The minimum Gasteiger partial charge on any atom is -0.481 e. The van der Waals surface area contributed by atoms with Gasteiger partial charge in [0.2, 0.25) is 0 Å². The van der Waals surface area contributed by atoms with Crippen LogP contribution in [0.3, 0.4) is 0 Å². The largest absolute Gasteiger partial charge is 0.481 e. The maximum atomic E-state index is 11.0. The Morgan fingerprint density at radius 3 is 2.68 bits per heavy atom. The molecule has 0 bridgehead atoms. The monoisotopic (exact) mass is 260 g/mol. The van der Waals surface area contributed by atoms with Crippen LogP contribution in [0.2, 0.25) is 0 Å². The van der Waals surface area contributed by atoms with Crippen molar-refractivity contribution in [3.8, 4) is 0 Å². The molecule has 0 heterocycles. The fourth-order valence-electron chi connectivity index (χ4n) is 2.12. The molecule has 0 spiro atoms. The van der Waals surface area contributed by atoms with E-state index in [0.29, 0.717) is 25.6 Å². The summed E-state index contributed by atoms with van der Waals surface area (Å²) in [6.45, 7) is 1.13. The van der Waals surface area contributed by atoms with Gasteiger partial charge in [-0.1, -0.05) is 42.5 Å². The molecule has 1 aromatic rings. The highest BCUT2D eigenvalue weighted by atomic mass is 16.5. The number of hydrogen-bond acceptors (Lipinski definition) is 2. The lowest BCUT2D eigenvalue weighted by Gasteiger charge is -2.07. The van der Waals surface area contributed by atoms with Crippen LogP contribution in [0.4, 0.5) is 0 Å². The Hall–Kier alpha value is -1.61. The minimum absolute atomic E-state index is 0.203. The molecule has 1 aromatic carbocycles. The van der Waals surface area contributed by atoms with Gasteiger partial charge in [0, 0.05) is 0 Å². The molecule has 0 aliphatic heterocycles. The molecule has 0 radical (unpaired) electrons. The number of carboxylic acid groups (broad SMARTS) is 1. The van der Waals surface area contributed by atoms with E-state index in [2.05, 4.69) is 0 Å². The summed E-state index contributed by atoms with van der Waals surface area (Å²) in [5.74, 6) is -0.477. The maximum Gasteiger partial charge on any atom is 0.307 e. The van der Waals surface area contributed by atoms with E-state index in [0.717, 1.165) is 18.4 Å². The number of rotatable bonds is 8. The molecule has 0 amide bonds. The summed E-state index contributed by atoms with van der Waals surface area (Å²) in [5, 5.41) is 9.07. The Kier molecular flexibility index (Phi) is 5.16. The van der Waals surface area contributed by atoms with E-state index >= 15 is 0 Å². The van der Waals surface area contributed by atoms with Crippen molar-refractivity contribution in [3.63, 3.8) is 0 Å². The lowest BCUT2D eigenvalue weighted by molar-refractivity contribution is -0.142. The van der Waals surface area contributed by atoms with Gasteiger partial charge in [-0.15, -0.1) is 0 Å². The molecule has 19 heavy (non-hydrogen) atoms. The second-order valence-electron chi connectivity index (χ2n) is 4.99. The Morgan fingerprint density at radius 2 is 2.05 bits per heavy atom. The van der Waals surface area contributed by atoms with Crippen LogP contribution in [0.25, 0.3) is 0 Å². The lowest BCUT2D eigenvalue weighted by atomic mass is 10.00. The van der Waals surface area contributed by atoms with Gasteiger partial charge in [-0.25, -0.2) is 0 Å². The quantitative estimate of drug-likeness (QED) is 0.576. The number of hydrogen-bond donors (Lipinski definition) is 1. The first kappa shape index (κ1) is 13.8. The first-order chi connectivity index (χ1) is 9.27. The topological polar surface area (TPSA) is 46.5 Å². The van der Waals surface area contributed by atoms with Gasteiger partial charge in [0.25, 0.3) is 0 Å². The van der Waals surface area contributed by atoms with E-state index in [-0.39, 0.29) is 5.92 Å². The molecule has 0 aromatic heterocycles. The highest BCUT2D eigenvalue weighted by Gasteiger charge is 2.34. The molecular formula is C16H20O3. The van der Waals surface area contributed by atoms with Gasteiger partial charge < -0.3 is 9.84 Å². The van der Waals surface area contributed by atoms with Crippen LogP contribution in [0.15, 0.2) is 42.5 Å². The third kappa shape index (κ3) is 4.87. The molecule has 3 nitrogen and oxygen atoms in total. The van der Waals surface area contributed by atoms with Crippen molar-refractivity contribution in [2.45, 2.75) is 25.9 Å². The molecule has 0 unspecified atom stereocenters. The SMILES string of the molecule is O=C(O)[C@@H](C/C=C/COCc1ccccc1)C1CC1. The Balaban J connectivity index is 1.62. The summed E-state index contributed by atoms with van der Waals surface area (Å²) in [5.41, 5.74) is 1.15. The van der Waals surface area contributed by atoms with Crippen LogP contribution in [0.1, 0.15) is 24.8 Å². The molecule has 1 saturated carbocycles. The Morgan fingerprint density at radius 1 is 1.32 bits per heavy atom. The molecule has 102 valence electrons. The molecule has 2 rings (SSSR count). The highest BCUT2D eigenvalue weighted by molar-refractivity contribution is 5.71. The van der Waals surface area contributed by atoms with Gasteiger partial charge in [-0.05, 0) is 30.7 Å². The molecule has 1 N–H and O–H groups in total. The van der Waals surface area contributed by atoms with Gasteiger partial charge in [-0.2, -0.15) is 0 Å². The summed E-state index contributed by atoms with van der Waals surface area (Å²) in [6, 6.07) is 10.0. The smallest absolute Gasteiger partial charge is 0.307 e. The van der Waals surface area contributed by atoms with Crippen molar-refractivity contribution in [2.75, 3.05) is 6.61 Å². The third-order valence-corrected chi connectivity index (χ3v) is 3.39. The van der Waals surface area contributed by atoms with Crippen molar-refractivity contribution in [1.29, 1.82) is 0 Å². The predicted octanol–water partition coefficient (Wildman–Crippen LogP) is 3.26. The normalized spacial score (nSPS) is 16.6. The highest BCUT2D eigenvalue weighted by Crippen LogP contribution is 2.38. The summed E-state index contributed by atoms with van der Waals surface area (Å²) in [6.07, 6.45) is 6.60. The molecule has 1 aliphatic rings. The molecule has 1 aliphatic carbocycles. The third-order valence-electron chi connectivity index (χ3n) is 3.39. The van der Waals surface area contributed by atoms with Crippen molar-refractivity contribution in [2.24, 2.45) is 11.8 Å². The maximum absolute atomic E-state index is 11.0. The predicted molar refractivity (Wildman–Crippen MR) is 73.7 cm³/mol. The number of carbonyl (C=O) groups is 1. The molecule has 3 heteroatoms. The van der Waals surface area contributed by atoms with Gasteiger partial charge in [0.1, 0.15) is 0 Å². The van der Waals surface area contributed by atoms with E-state index < -0.39 is 5.97 Å². The van der Waals surface area contributed by atoms with Crippen molar-refractivity contribution in [1.82, 2.24) is 0 Å². The molecule has 1 atom stereocenters. The van der Waals surface area contributed by atoms with Gasteiger partial charge in [-0.3, -0.25) is 4.79 Å². The summed E-state index contributed by atoms with van der Waals surface area (Å²) in [7, 11) is 0. The average Bonchev–Trinajstić information content (AvgIpc) is 3.23. The second kappa shape index (κ2) is 7.10. The van der Waals surface area contributed by atoms with E-state index in [9.17, 15) is 4.79 Å². The summed E-state index contributed by atoms with van der Waals surface area (Å²) < 4.78 is 5.50. The first-order valence-electron chi connectivity index (χ1n) is 6.77. The zero-order valence-electron chi connectivity index (χ0n) is 11.0. The average molecular weight is 260 g/mol. The van der Waals surface area contributed by atoms with E-state index in [1.807, 2.05) is 42.5 Å². The molecule has 1 fully saturated rings. The van der Waals surface area contributed by atoms with Crippen molar-refractivity contribution < 1.29 is 14.6 Å². The van der Waals surface area contributed by atoms with Crippen LogP contribution in [-0.4, -0.2) is 17.7 Å². The van der Waals surface area contributed by atoms with Gasteiger partial charge in [0.15, 0.2) is 0 Å². The second-order valence-corrected chi connectivity index (χ2v) is 4.99. The minimum atomic E-state index is -0.669. The van der Waals surface area contributed by atoms with Gasteiger partial charge >= 0.3 is 5.97 Å². The fraction of sp³-hybridized carbons (Fsp3) is 0.438. The molecular weight excluding hydrogens is 240 g/mol. The Labute approximate surface area is 113 Å². The number of allylic oxidation sites excluding steroid dienone is 1. The first-order valence-corrected chi connectivity index (χ1v) is 6.77. The van der Waals surface area contributed by atoms with Crippen LogP contribution >= 0.6 is 0 Å². The Bertz CT molecular complexity index is 421. The van der Waals surface area contributed by atoms with E-state index in [1.165, 1.54) is 0 Å². The standard InChI is InChI=1S/C16H20O3/c17-16(18)15(14-9-10-14)8-4-5-11-19-12-13-6-2-1-3-7-13/h1-7,14-15H,8-12H2,(H,17,18)/b5-4+/t15-/m0/s1. The number of aliphatic carboxylic acids is 1. The van der Waals surface area contributed by atoms with Crippen molar-refractivity contribution in [3.05, 3.63) is 48.0 Å². The van der Waals surface area contributed by atoms with E-state index in [4.69, 9.17) is 9.84 Å². The number of ether oxygens (including phenoxy) is 1. The zero-order valence-corrected chi connectivity index (χ0v) is 11.0. The lowest BCUT2D eigenvalue weighted by Crippen LogP contribution is -2.14. The molecule has 0 saturated heterocycles. The van der Waals surface area contributed by atoms with Crippen LogP contribution in [0.5, 0.6) is 0 Å². The number of benzene rings is 1. The summed E-state index contributed by atoms with van der Waals surface area (Å²) in [4.78, 5) is 11.0. The van der Waals surface area contributed by atoms with E-state index in [1.54, 1.807) is 0 Å². The summed E-state index contributed by atoms with van der Waals surface area (Å²) >= 11 is 0. The fourth-order valence-corrected chi connectivity index (χ4v) is 2.12. The van der Waals surface area contributed by atoms with Crippen LogP contribution < -0.4 is 0 Å². The van der Waals surface area contributed by atoms with Crippen LogP contribution in [0, 0.1) is 11.8 Å². The van der Waals surface area contributed by atoms with Crippen LogP contribution in [-0.2, 0) is 16.1 Å². The number of carboxylic acids is 1. The zero-order chi connectivity index (χ0) is 13.5. The van der Waals surface area contributed by atoms with Gasteiger partial charge in [0.05, 0.1) is 19.1 Å².